The van der Waals surface area contributed by atoms with Crippen LogP contribution in [0.15, 0.2) is 89.4 Å². The van der Waals surface area contributed by atoms with E-state index in [4.69, 9.17) is 4.74 Å². The number of esters is 1. The third-order valence-electron chi connectivity index (χ3n) is 6.80. The highest BCUT2D eigenvalue weighted by Gasteiger charge is 2.25. The molecule has 0 radical (unpaired) electrons. The number of hydrogen-bond donors (Lipinski definition) is 1. The number of benzene rings is 4. The molecule has 0 unspecified atom stereocenters. The van der Waals surface area contributed by atoms with Crippen molar-refractivity contribution >= 4 is 55.9 Å². The Balaban J connectivity index is 1.42. The molecular formula is C31H28BrN3O4. The number of carbonyl (C=O) groups is 3. The first kappa shape index (κ1) is 26.4. The van der Waals surface area contributed by atoms with Gasteiger partial charge in [0.05, 0.1) is 23.5 Å². The van der Waals surface area contributed by atoms with Crippen LogP contribution in [-0.4, -0.2) is 55.5 Å². The molecule has 1 heterocycles. The number of amides is 2. The van der Waals surface area contributed by atoms with Gasteiger partial charge >= 0.3 is 5.97 Å². The molecule has 0 atom stereocenters. The first-order valence-corrected chi connectivity index (χ1v) is 13.6. The maximum atomic E-state index is 13.6. The molecule has 0 aromatic heterocycles. The van der Waals surface area contributed by atoms with Crippen molar-refractivity contribution in [3.63, 3.8) is 0 Å². The van der Waals surface area contributed by atoms with Gasteiger partial charge in [0.15, 0.2) is 0 Å². The van der Waals surface area contributed by atoms with Crippen LogP contribution in [0.5, 0.6) is 0 Å². The predicted molar refractivity (Wildman–Crippen MR) is 157 cm³/mol. The number of nitrogens with one attached hydrogen (secondary N) is 1. The average molecular weight is 586 g/mol. The van der Waals surface area contributed by atoms with E-state index in [2.05, 4.69) is 26.1 Å². The summed E-state index contributed by atoms with van der Waals surface area (Å²) in [5.41, 5.74) is 2.85. The highest BCUT2D eigenvalue weighted by atomic mass is 79.9. The van der Waals surface area contributed by atoms with Crippen LogP contribution in [-0.2, 0) is 4.74 Å². The van der Waals surface area contributed by atoms with Crippen molar-refractivity contribution in [2.45, 2.75) is 6.92 Å². The molecule has 2 amide bonds. The predicted octanol–water partition coefficient (Wildman–Crippen LogP) is 5.99. The lowest BCUT2D eigenvalue weighted by Gasteiger charge is -2.37. The summed E-state index contributed by atoms with van der Waals surface area (Å²) in [4.78, 5) is 43.0. The minimum atomic E-state index is -0.452. The molecule has 0 saturated carbocycles. The normalized spacial score (nSPS) is 13.3. The SMILES string of the molecule is CCOC(=O)c1ccc(N2CCN(C(=O)c3ccccc3)CC2)c(NC(=O)c2cccc3c(Br)cccc23)c1. The molecule has 198 valence electrons. The first-order valence-electron chi connectivity index (χ1n) is 12.9. The molecule has 1 N–H and O–H groups in total. The number of nitrogens with zero attached hydrogens (tertiary/aromatic N) is 2. The van der Waals surface area contributed by atoms with Gasteiger partial charge in [0.1, 0.15) is 0 Å². The van der Waals surface area contributed by atoms with Crippen molar-refractivity contribution in [1.29, 1.82) is 0 Å². The van der Waals surface area contributed by atoms with E-state index in [1.807, 2.05) is 71.6 Å². The van der Waals surface area contributed by atoms with Gasteiger partial charge in [0.25, 0.3) is 11.8 Å². The minimum Gasteiger partial charge on any atom is -0.462 e. The van der Waals surface area contributed by atoms with Crippen molar-refractivity contribution in [3.8, 4) is 0 Å². The molecule has 39 heavy (non-hydrogen) atoms. The number of ether oxygens (including phenoxy) is 1. The largest absolute Gasteiger partial charge is 0.462 e. The number of piperazine rings is 1. The molecule has 0 spiro atoms. The summed E-state index contributed by atoms with van der Waals surface area (Å²) >= 11 is 3.56. The number of carbonyl (C=O) groups excluding carboxylic acids is 3. The monoisotopic (exact) mass is 585 g/mol. The van der Waals surface area contributed by atoms with E-state index >= 15 is 0 Å². The Bertz CT molecular complexity index is 1530. The number of halogens is 1. The number of hydrogen-bond acceptors (Lipinski definition) is 5. The highest BCUT2D eigenvalue weighted by molar-refractivity contribution is 9.10. The summed E-state index contributed by atoms with van der Waals surface area (Å²) in [6.45, 7) is 4.26. The van der Waals surface area contributed by atoms with Crippen molar-refractivity contribution in [3.05, 3.63) is 106 Å². The minimum absolute atomic E-state index is 0.00329. The second kappa shape index (κ2) is 11.7. The van der Waals surface area contributed by atoms with Crippen molar-refractivity contribution in [2.75, 3.05) is 43.0 Å². The zero-order chi connectivity index (χ0) is 27.4. The molecule has 5 rings (SSSR count). The van der Waals surface area contributed by atoms with E-state index in [1.54, 1.807) is 25.1 Å². The Morgan fingerprint density at radius 2 is 1.54 bits per heavy atom. The van der Waals surface area contributed by atoms with Gasteiger partial charge in [-0.15, -0.1) is 0 Å². The van der Waals surface area contributed by atoms with E-state index in [-0.39, 0.29) is 18.4 Å². The summed E-state index contributed by atoms with van der Waals surface area (Å²) in [6, 6.07) is 25.8. The van der Waals surface area contributed by atoms with Gasteiger partial charge in [-0.1, -0.05) is 58.4 Å². The van der Waals surface area contributed by atoms with E-state index in [1.165, 1.54) is 0 Å². The number of rotatable bonds is 6. The third-order valence-corrected chi connectivity index (χ3v) is 7.49. The third kappa shape index (κ3) is 5.66. The Kier molecular flexibility index (Phi) is 7.93. The van der Waals surface area contributed by atoms with E-state index in [9.17, 15) is 14.4 Å². The smallest absolute Gasteiger partial charge is 0.338 e. The summed E-state index contributed by atoms with van der Waals surface area (Å²) in [6.07, 6.45) is 0. The van der Waals surface area contributed by atoms with Crippen LogP contribution in [0, 0.1) is 0 Å². The van der Waals surface area contributed by atoms with Crippen LogP contribution in [0.25, 0.3) is 10.8 Å². The molecule has 1 saturated heterocycles. The highest BCUT2D eigenvalue weighted by Crippen LogP contribution is 2.31. The van der Waals surface area contributed by atoms with Gasteiger partial charge in [-0.05, 0) is 60.2 Å². The van der Waals surface area contributed by atoms with Crippen molar-refractivity contribution in [1.82, 2.24) is 4.90 Å². The van der Waals surface area contributed by atoms with Gasteiger partial charge in [0.2, 0.25) is 0 Å². The molecule has 8 heteroatoms. The Morgan fingerprint density at radius 1 is 0.821 bits per heavy atom. The Morgan fingerprint density at radius 3 is 2.28 bits per heavy atom. The lowest BCUT2D eigenvalue weighted by atomic mass is 10.0. The quantitative estimate of drug-likeness (QED) is 0.281. The van der Waals surface area contributed by atoms with E-state index in [0.29, 0.717) is 48.6 Å². The zero-order valence-corrected chi connectivity index (χ0v) is 23.1. The summed E-state index contributed by atoms with van der Waals surface area (Å²) in [5, 5.41) is 4.80. The topological polar surface area (TPSA) is 79.0 Å². The number of fused-ring (bicyclic) bond motifs is 1. The fraction of sp³-hybridized carbons (Fsp3) is 0.194. The molecule has 1 fully saturated rings. The molecule has 4 aromatic carbocycles. The molecule has 4 aromatic rings. The van der Waals surface area contributed by atoms with Gasteiger partial charge in [-0.3, -0.25) is 9.59 Å². The summed E-state index contributed by atoms with van der Waals surface area (Å²) < 4.78 is 6.10. The molecule has 1 aliphatic heterocycles. The molecule has 0 aliphatic carbocycles. The zero-order valence-electron chi connectivity index (χ0n) is 21.5. The second-order valence-electron chi connectivity index (χ2n) is 9.19. The standard InChI is InChI=1S/C31H28BrN3O4/c1-2-39-31(38)22-14-15-28(34-16-18-35(19-17-34)30(37)21-8-4-3-5-9-21)27(20-22)33-29(36)25-12-6-11-24-23(25)10-7-13-26(24)32/h3-15,20H,2,16-19H2,1H3,(H,33,36). The van der Waals surface area contributed by atoms with Crippen molar-refractivity contribution < 1.29 is 19.1 Å². The van der Waals surface area contributed by atoms with Crippen LogP contribution in [0.4, 0.5) is 11.4 Å². The number of anilines is 2. The van der Waals surface area contributed by atoms with Gasteiger partial charge in [0, 0.05) is 41.8 Å². The van der Waals surface area contributed by atoms with Crippen molar-refractivity contribution in [2.24, 2.45) is 0 Å². The fourth-order valence-electron chi connectivity index (χ4n) is 4.83. The lowest BCUT2D eigenvalue weighted by Crippen LogP contribution is -2.49. The van der Waals surface area contributed by atoms with Gasteiger partial charge < -0.3 is 19.9 Å². The van der Waals surface area contributed by atoms with Crippen LogP contribution in [0.2, 0.25) is 0 Å². The van der Waals surface area contributed by atoms with E-state index in [0.717, 1.165) is 20.9 Å². The molecule has 7 nitrogen and oxygen atoms in total. The first-order chi connectivity index (χ1) is 19.0. The van der Waals surface area contributed by atoms with Gasteiger partial charge in [-0.25, -0.2) is 4.79 Å². The fourth-order valence-corrected chi connectivity index (χ4v) is 5.32. The lowest BCUT2D eigenvalue weighted by molar-refractivity contribution is 0.0526. The average Bonchev–Trinajstić information content (AvgIpc) is 2.97. The Labute approximate surface area is 235 Å². The second-order valence-corrected chi connectivity index (χ2v) is 10.0. The summed E-state index contributed by atoms with van der Waals surface area (Å²) in [5.74, 6) is -0.727. The molecule has 0 bridgehead atoms. The van der Waals surface area contributed by atoms with Crippen LogP contribution in [0.3, 0.4) is 0 Å². The van der Waals surface area contributed by atoms with E-state index < -0.39 is 5.97 Å². The van der Waals surface area contributed by atoms with Gasteiger partial charge in [-0.2, -0.15) is 0 Å². The summed E-state index contributed by atoms with van der Waals surface area (Å²) in [7, 11) is 0. The van der Waals surface area contributed by atoms with Crippen LogP contribution < -0.4 is 10.2 Å². The van der Waals surface area contributed by atoms with Crippen LogP contribution >= 0.6 is 15.9 Å². The molecule has 1 aliphatic rings. The maximum Gasteiger partial charge on any atom is 0.338 e. The Hall–Kier alpha value is -4.17. The molecular weight excluding hydrogens is 558 g/mol. The maximum absolute atomic E-state index is 13.6. The van der Waals surface area contributed by atoms with Crippen LogP contribution in [0.1, 0.15) is 38.0 Å².